The molecule has 0 radical (unpaired) electrons. The summed E-state index contributed by atoms with van der Waals surface area (Å²) in [6.45, 7) is 3.77. The summed E-state index contributed by atoms with van der Waals surface area (Å²) < 4.78 is 18.3. The molecule has 0 aliphatic rings. The Morgan fingerprint density at radius 2 is 2.00 bits per heavy atom. The highest BCUT2D eigenvalue weighted by Gasteiger charge is 2.13. The molecule has 0 saturated carbocycles. The number of halogens is 1. The normalized spacial score (nSPS) is 10.2. The molecule has 2 aromatic rings. The van der Waals surface area contributed by atoms with Gasteiger partial charge in [0.25, 0.3) is 5.91 Å². The molecule has 1 N–H and O–H groups in total. The summed E-state index contributed by atoms with van der Waals surface area (Å²) in [5.41, 5.74) is 2.44. The van der Waals surface area contributed by atoms with Crippen molar-refractivity contribution < 1.29 is 13.9 Å². The summed E-state index contributed by atoms with van der Waals surface area (Å²) in [6, 6.07) is 7.72. The minimum atomic E-state index is -0.684. The number of benzene rings is 1. The van der Waals surface area contributed by atoms with E-state index in [4.69, 9.17) is 4.74 Å². The summed E-state index contributed by atoms with van der Waals surface area (Å²) in [5, 5.41) is 2.71. The Balaban J connectivity index is 2.29. The number of anilines is 1. The van der Waals surface area contributed by atoms with Crippen LogP contribution in [-0.2, 0) is 0 Å². The average molecular weight is 274 g/mol. The molecule has 0 aliphatic carbocycles. The van der Waals surface area contributed by atoms with Crippen molar-refractivity contribution in [3.63, 3.8) is 0 Å². The van der Waals surface area contributed by atoms with Crippen LogP contribution in [0.25, 0.3) is 0 Å². The number of hydrogen-bond donors (Lipinski definition) is 1. The first-order valence-corrected chi connectivity index (χ1v) is 6.11. The van der Waals surface area contributed by atoms with E-state index in [0.29, 0.717) is 5.69 Å². The van der Waals surface area contributed by atoms with Crippen LogP contribution >= 0.6 is 0 Å². The number of ether oxygens (including phenoxy) is 1. The second-order valence-corrected chi connectivity index (χ2v) is 4.39. The third-order valence-electron chi connectivity index (χ3n) is 3.00. The molecule has 0 fully saturated rings. The van der Waals surface area contributed by atoms with Gasteiger partial charge in [0.15, 0.2) is 0 Å². The number of pyridine rings is 1. The Kier molecular flexibility index (Phi) is 3.98. The minimum Gasteiger partial charge on any atom is -0.496 e. The highest BCUT2D eigenvalue weighted by Crippen LogP contribution is 2.29. The summed E-state index contributed by atoms with van der Waals surface area (Å²) in [5.74, 6) is -0.427. The number of hydrogen-bond acceptors (Lipinski definition) is 3. The van der Waals surface area contributed by atoms with Crippen molar-refractivity contribution in [2.75, 3.05) is 12.4 Å². The fraction of sp³-hybridized carbons (Fsp3) is 0.200. The monoisotopic (exact) mass is 274 g/mol. The molecule has 0 bridgehead atoms. The maximum atomic E-state index is 13.0. The third kappa shape index (κ3) is 2.77. The number of methoxy groups -OCH3 is 1. The van der Waals surface area contributed by atoms with Crippen molar-refractivity contribution in [2.24, 2.45) is 0 Å². The lowest BCUT2D eigenvalue weighted by atomic mass is 10.1. The topological polar surface area (TPSA) is 51.2 Å². The molecular formula is C15H15FN2O2. The smallest absolute Gasteiger partial charge is 0.274 e. The summed E-state index contributed by atoms with van der Waals surface area (Å²) >= 11 is 0. The zero-order valence-corrected chi connectivity index (χ0v) is 11.5. The highest BCUT2D eigenvalue weighted by atomic mass is 19.1. The van der Waals surface area contributed by atoms with Gasteiger partial charge in [0.2, 0.25) is 5.95 Å². The van der Waals surface area contributed by atoms with Gasteiger partial charge in [-0.3, -0.25) is 4.79 Å². The van der Waals surface area contributed by atoms with Gasteiger partial charge in [-0.05, 0) is 37.6 Å². The Morgan fingerprint density at radius 1 is 1.25 bits per heavy atom. The van der Waals surface area contributed by atoms with E-state index in [1.807, 2.05) is 19.9 Å². The fourth-order valence-electron chi connectivity index (χ4n) is 2.00. The summed E-state index contributed by atoms with van der Waals surface area (Å²) in [4.78, 5) is 15.6. The van der Waals surface area contributed by atoms with Crippen LogP contribution in [0.2, 0.25) is 0 Å². The second-order valence-electron chi connectivity index (χ2n) is 4.39. The molecule has 104 valence electrons. The van der Waals surface area contributed by atoms with Crippen LogP contribution in [0.3, 0.4) is 0 Å². The van der Waals surface area contributed by atoms with Crippen LogP contribution in [0.15, 0.2) is 30.3 Å². The largest absolute Gasteiger partial charge is 0.496 e. The first-order valence-electron chi connectivity index (χ1n) is 6.11. The predicted molar refractivity (Wildman–Crippen MR) is 74.6 cm³/mol. The van der Waals surface area contributed by atoms with E-state index in [2.05, 4.69) is 10.3 Å². The van der Waals surface area contributed by atoms with Crippen molar-refractivity contribution in [1.82, 2.24) is 4.98 Å². The first-order chi connectivity index (χ1) is 9.52. The molecule has 1 aromatic heterocycles. The number of carbonyl (C=O) groups excluding carboxylic acids is 1. The van der Waals surface area contributed by atoms with Gasteiger partial charge in [-0.15, -0.1) is 0 Å². The van der Waals surface area contributed by atoms with Crippen LogP contribution < -0.4 is 10.1 Å². The Labute approximate surface area is 116 Å². The van der Waals surface area contributed by atoms with Gasteiger partial charge in [0, 0.05) is 11.3 Å². The molecule has 1 aromatic carbocycles. The molecule has 0 atom stereocenters. The third-order valence-corrected chi connectivity index (χ3v) is 3.00. The molecule has 0 unspecified atom stereocenters. The highest BCUT2D eigenvalue weighted by molar-refractivity contribution is 6.03. The Bertz CT molecular complexity index is 656. The van der Waals surface area contributed by atoms with Gasteiger partial charge in [0.05, 0.1) is 7.11 Å². The van der Waals surface area contributed by atoms with E-state index in [1.165, 1.54) is 18.2 Å². The molecule has 0 spiro atoms. The lowest BCUT2D eigenvalue weighted by molar-refractivity contribution is 0.102. The molecule has 1 heterocycles. The van der Waals surface area contributed by atoms with Crippen molar-refractivity contribution in [2.45, 2.75) is 13.8 Å². The number of aromatic nitrogens is 1. The van der Waals surface area contributed by atoms with Crippen molar-refractivity contribution in [1.29, 1.82) is 0 Å². The van der Waals surface area contributed by atoms with Crippen LogP contribution in [0.4, 0.5) is 10.1 Å². The van der Waals surface area contributed by atoms with Gasteiger partial charge in [-0.1, -0.05) is 12.1 Å². The van der Waals surface area contributed by atoms with Gasteiger partial charge in [-0.2, -0.15) is 4.39 Å². The average Bonchev–Trinajstić information content (AvgIpc) is 2.42. The Hall–Kier alpha value is -2.43. The van der Waals surface area contributed by atoms with Crippen molar-refractivity contribution >= 4 is 11.6 Å². The first kappa shape index (κ1) is 14.0. The standard InChI is InChI=1S/C15H15FN2O2/c1-9-7-8-11(10(2)14(9)20-3)18-15(19)12-5-4-6-13(16)17-12/h4-8H,1-3H3,(H,18,19). The van der Waals surface area contributed by atoms with E-state index < -0.39 is 11.9 Å². The number of amides is 1. The van der Waals surface area contributed by atoms with Gasteiger partial charge >= 0.3 is 0 Å². The van der Waals surface area contributed by atoms with Crippen molar-refractivity contribution in [3.05, 3.63) is 53.1 Å². The zero-order chi connectivity index (χ0) is 14.7. The summed E-state index contributed by atoms with van der Waals surface area (Å²) in [6.07, 6.45) is 0. The Morgan fingerprint density at radius 3 is 2.65 bits per heavy atom. The quantitative estimate of drug-likeness (QED) is 0.875. The molecule has 2 rings (SSSR count). The van der Waals surface area contributed by atoms with E-state index in [0.717, 1.165) is 16.9 Å². The van der Waals surface area contributed by atoms with E-state index in [9.17, 15) is 9.18 Å². The van der Waals surface area contributed by atoms with E-state index in [-0.39, 0.29) is 5.69 Å². The SMILES string of the molecule is COc1c(C)ccc(NC(=O)c2cccc(F)n2)c1C. The van der Waals surface area contributed by atoms with Crippen LogP contribution in [0.5, 0.6) is 5.75 Å². The molecule has 5 heteroatoms. The van der Waals surface area contributed by atoms with Gasteiger partial charge in [-0.25, -0.2) is 4.98 Å². The van der Waals surface area contributed by atoms with Crippen LogP contribution in [0, 0.1) is 19.8 Å². The number of carbonyl (C=O) groups is 1. The molecule has 4 nitrogen and oxygen atoms in total. The zero-order valence-electron chi connectivity index (χ0n) is 11.5. The van der Waals surface area contributed by atoms with Crippen LogP contribution in [0.1, 0.15) is 21.6 Å². The molecular weight excluding hydrogens is 259 g/mol. The summed E-state index contributed by atoms with van der Waals surface area (Å²) in [7, 11) is 1.58. The fourth-order valence-corrected chi connectivity index (χ4v) is 2.00. The minimum absolute atomic E-state index is 0.0314. The number of nitrogens with one attached hydrogen (secondary N) is 1. The predicted octanol–water partition coefficient (Wildman–Crippen LogP) is 3.10. The lowest BCUT2D eigenvalue weighted by Crippen LogP contribution is -2.15. The van der Waals surface area contributed by atoms with Gasteiger partial charge < -0.3 is 10.1 Å². The van der Waals surface area contributed by atoms with Crippen molar-refractivity contribution in [3.8, 4) is 5.75 Å². The molecule has 1 amide bonds. The number of rotatable bonds is 3. The van der Waals surface area contributed by atoms with Crippen LogP contribution in [-0.4, -0.2) is 18.0 Å². The maximum Gasteiger partial charge on any atom is 0.274 e. The lowest BCUT2D eigenvalue weighted by Gasteiger charge is -2.13. The molecule has 0 aliphatic heterocycles. The van der Waals surface area contributed by atoms with E-state index in [1.54, 1.807) is 13.2 Å². The van der Waals surface area contributed by atoms with Gasteiger partial charge in [0.1, 0.15) is 11.4 Å². The maximum absolute atomic E-state index is 13.0. The molecule has 0 saturated heterocycles. The number of aryl methyl sites for hydroxylation is 1. The second kappa shape index (κ2) is 5.69. The molecule has 20 heavy (non-hydrogen) atoms. The number of nitrogens with zero attached hydrogens (tertiary/aromatic N) is 1. The van der Waals surface area contributed by atoms with E-state index >= 15 is 0 Å².